The zero-order chi connectivity index (χ0) is 20.9. The first-order valence-corrected chi connectivity index (χ1v) is 11.3. The van der Waals surface area contributed by atoms with Crippen molar-refractivity contribution < 1.29 is 9.53 Å². The van der Waals surface area contributed by atoms with Crippen molar-refractivity contribution in [3.63, 3.8) is 0 Å². The number of nitrogens with one attached hydrogen (secondary N) is 1. The van der Waals surface area contributed by atoms with Crippen molar-refractivity contribution in [2.45, 2.75) is 25.1 Å². The summed E-state index contributed by atoms with van der Waals surface area (Å²) < 4.78 is 8.69. The quantitative estimate of drug-likeness (QED) is 0.412. The fraction of sp³-hybridized carbons (Fsp3) is 0.238. The van der Waals surface area contributed by atoms with E-state index >= 15 is 0 Å². The molecule has 0 aliphatic heterocycles. The van der Waals surface area contributed by atoms with E-state index in [1.807, 2.05) is 48.0 Å². The third-order valence-corrected chi connectivity index (χ3v) is 6.47. The van der Waals surface area contributed by atoms with Crippen molar-refractivity contribution in [1.82, 2.24) is 19.7 Å². The number of amides is 1. The fourth-order valence-electron chi connectivity index (χ4n) is 2.78. The lowest BCUT2D eigenvalue weighted by atomic mass is 10.2. The normalized spacial score (nSPS) is 11.0. The lowest BCUT2D eigenvalue weighted by Gasteiger charge is -2.07. The number of aromatic nitrogens is 4. The molecule has 0 fully saturated rings. The molecule has 2 heterocycles. The Balaban J connectivity index is 1.30. The summed E-state index contributed by atoms with van der Waals surface area (Å²) in [5, 5.41) is 12.5. The predicted molar refractivity (Wildman–Crippen MR) is 120 cm³/mol. The molecule has 0 saturated carbocycles. The van der Waals surface area contributed by atoms with E-state index in [-0.39, 0.29) is 11.7 Å². The van der Waals surface area contributed by atoms with Crippen molar-refractivity contribution in [3.05, 3.63) is 59.9 Å². The highest BCUT2D eigenvalue weighted by molar-refractivity contribution is 7.99. The summed E-state index contributed by atoms with van der Waals surface area (Å²) in [6, 6.07) is 15.8. The predicted octanol–water partition coefficient (Wildman–Crippen LogP) is 4.30. The van der Waals surface area contributed by atoms with Gasteiger partial charge in [0.1, 0.15) is 12.4 Å². The number of nitrogens with zero attached hydrogens (tertiary/aromatic N) is 4. The van der Waals surface area contributed by atoms with E-state index in [1.54, 1.807) is 0 Å². The molecule has 1 N–H and O–H groups in total. The van der Waals surface area contributed by atoms with Crippen LogP contribution in [0.25, 0.3) is 10.2 Å². The minimum Gasteiger partial charge on any atom is -0.486 e. The van der Waals surface area contributed by atoms with Crippen LogP contribution in [-0.4, -0.2) is 31.4 Å². The van der Waals surface area contributed by atoms with Crippen LogP contribution in [-0.2, 0) is 24.9 Å². The average Bonchev–Trinajstić information content (AvgIpc) is 3.33. The Bertz CT molecular complexity index is 1120. The minimum absolute atomic E-state index is 0.129. The summed E-state index contributed by atoms with van der Waals surface area (Å²) in [7, 11) is 1.87. The van der Waals surface area contributed by atoms with Gasteiger partial charge in [0.15, 0.2) is 16.1 Å². The van der Waals surface area contributed by atoms with Crippen molar-refractivity contribution in [3.8, 4) is 5.75 Å². The average molecular weight is 440 g/mol. The topological polar surface area (TPSA) is 81.9 Å². The van der Waals surface area contributed by atoms with Gasteiger partial charge < -0.3 is 14.6 Å². The number of benzene rings is 2. The first-order chi connectivity index (χ1) is 14.6. The second-order valence-corrected chi connectivity index (χ2v) is 8.54. The van der Waals surface area contributed by atoms with Gasteiger partial charge in [0, 0.05) is 7.05 Å². The number of fused-ring (bicyclic) bond motifs is 1. The van der Waals surface area contributed by atoms with Crippen LogP contribution < -0.4 is 10.1 Å². The van der Waals surface area contributed by atoms with Gasteiger partial charge in [-0.1, -0.05) is 54.3 Å². The first-order valence-electron chi connectivity index (χ1n) is 9.50. The Kier molecular flexibility index (Phi) is 6.29. The monoisotopic (exact) mass is 439 g/mol. The van der Waals surface area contributed by atoms with Crippen molar-refractivity contribution in [1.29, 1.82) is 0 Å². The second-order valence-electron chi connectivity index (χ2n) is 6.57. The number of anilines is 1. The molecule has 0 unspecified atom stereocenters. The van der Waals surface area contributed by atoms with Crippen LogP contribution in [0.15, 0.2) is 53.7 Å². The van der Waals surface area contributed by atoms with E-state index in [0.717, 1.165) is 22.4 Å². The Morgan fingerprint density at radius 1 is 1.17 bits per heavy atom. The maximum absolute atomic E-state index is 12.3. The zero-order valence-corrected chi connectivity index (χ0v) is 18.3. The number of thioether (sulfide) groups is 1. The van der Waals surface area contributed by atoms with Crippen LogP contribution in [0.4, 0.5) is 5.13 Å². The van der Waals surface area contributed by atoms with Crippen LogP contribution in [0.5, 0.6) is 5.75 Å². The molecule has 4 aromatic rings. The van der Waals surface area contributed by atoms with E-state index in [1.165, 1.54) is 28.7 Å². The Morgan fingerprint density at radius 3 is 2.73 bits per heavy atom. The van der Waals surface area contributed by atoms with Gasteiger partial charge in [0.05, 0.1) is 16.0 Å². The number of carbonyl (C=O) groups is 1. The van der Waals surface area contributed by atoms with Crippen LogP contribution >= 0.6 is 23.1 Å². The molecule has 0 aliphatic carbocycles. The van der Waals surface area contributed by atoms with Crippen molar-refractivity contribution in [2.24, 2.45) is 7.05 Å². The largest absolute Gasteiger partial charge is 0.486 e. The molecule has 1 amide bonds. The third-order valence-electron chi connectivity index (χ3n) is 4.50. The molecule has 0 aliphatic rings. The van der Waals surface area contributed by atoms with Gasteiger partial charge in [-0.2, -0.15) is 0 Å². The molecule has 2 aromatic carbocycles. The number of ether oxygens (including phenoxy) is 1. The Morgan fingerprint density at radius 2 is 1.97 bits per heavy atom. The maximum Gasteiger partial charge on any atom is 0.236 e. The number of rotatable bonds is 8. The van der Waals surface area contributed by atoms with Crippen LogP contribution in [0, 0.1) is 0 Å². The highest BCUT2D eigenvalue weighted by atomic mass is 32.2. The van der Waals surface area contributed by atoms with Crippen LogP contribution in [0.3, 0.4) is 0 Å². The molecular formula is C21H21N5O2S2. The smallest absolute Gasteiger partial charge is 0.236 e. The lowest BCUT2D eigenvalue weighted by molar-refractivity contribution is -0.113. The van der Waals surface area contributed by atoms with Gasteiger partial charge in [-0.15, -0.1) is 10.2 Å². The highest BCUT2D eigenvalue weighted by Crippen LogP contribution is 2.26. The van der Waals surface area contributed by atoms with E-state index in [4.69, 9.17) is 4.74 Å². The molecule has 154 valence electrons. The summed E-state index contributed by atoms with van der Waals surface area (Å²) in [5.74, 6) is 1.58. The minimum atomic E-state index is -0.129. The molecular weight excluding hydrogens is 418 g/mol. The van der Waals surface area contributed by atoms with Crippen LogP contribution in [0.2, 0.25) is 0 Å². The second kappa shape index (κ2) is 9.27. The molecule has 0 radical (unpaired) electrons. The molecule has 0 spiro atoms. The number of para-hydroxylation sites is 1. The molecule has 0 saturated heterocycles. The standard InChI is InChI=1S/C21H21N5O2S2/c1-3-14-8-10-15(11-9-14)28-12-18-24-25-21(26(18)2)29-13-19(27)23-20-22-16-6-4-5-7-17(16)30-20/h4-11H,3,12-13H2,1-2H3,(H,22,23,27). The van der Waals surface area contributed by atoms with Gasteiger partial charge in [0.25, 0.3) is 0 Å². The third kappa shape index (κ3) is 4.80. The van der Waals surface area contributed by atoms with Crippen molar-refractivity contribution in [2.75, 3.05) is 11.1 Å². The zero-order valence-electron chi connectivity index (χ0n) is 16.7. The lowest BCUT2D eigenvalue weighted by Crippen LogP contribution is -2.14. The number of aryl methyl sites for hydroxylation is 1. The summed E-state index contributed by atoms with van der Waals surface area (Å²) >= 11 is 2.79. The maximum atomic E-state index is 12.3. The summed E-state index contributed by atoms with van der Waals surface area (Å²) in [6.45, 7) is 2.43. The summed E-state index contributed by atoms with van der Waals surface area (Å²) in [6.07, 6.45) is 0.997. The van der Waals surface area contributed by atoms with E-state index in [0.29, 0.717) is 22.7 Å². The van der Waals surface area contributed by atoms with Gasteiger partial charge in [-0.05, 0) is 36.2 Å². The van der Waals surface area contributed by atoms with Crippen molar-refractivity contribution >= 4 is 44.4 Å². The molecule has 30 heavy (non-hydrogen) atoms. The number of thiazole rings is 1. The van der Waals surface area contributed by atoms with Crippen LogP contribution in [0.1, 0.15) is 18.3 Å². The van der Waals surface area contributed by atoms with E-state index in [2.05, 4.69) is 39.6 Å². The summed E-state index contributed by atoms with van der Waals surface area (Å²) in [4.78, 5) is 16.7. The van der Waals surface area contributed by atoms with Gasteiger partial charge in [-0.3, -0.25) is 4.79 Å². The Hall–Kier alpha value is -2.91. The molecule has 9 heteroatoms. The number of carbonyl (C=O) groups excluding carboxylic acids is 1. The first kappa shape index (κ1) is 20.4. The van der Waals surface area contributed by atoms with Gasteiger partial charge >= 0.3 is 0 Å². The Labute approximate surface area is 182 Å². The van der Waals surface area contributed by atoms with Gasteiger partial charge in [0.2, 0.25) is 5.91 Å². The fourth-order valence-corrected chi connectivity index (χ4v) is 4.39. The van der Waals surface area contributed by atoms with E-state index < -0.39 is 0 Å². The number of hydrogen-bond donors (Lipinski definition) is 1. The van der Waals surface area contributed by atoms with E-state index in [9.17, 15) is 4.79 Å². The SMILES string of the molecule is CCc1ccc(OCc2nnc(SCC(=O)Nc3nc4ccccc4s3)n2C)cc1. The summed E-state index contributed by atoms with van der Waals surface area (Å²) in [5.41, 5.74) is 2.15. The molecule has 2 aromatic heterocycles. The highest BCUT2D eigenvalue weighted by Gasteiger charge is 2.13. The molecule has 0 atom stereocenters. The molecule has 0 bridgehead atoms. The number of hydrogen-bond acceptors (Lipinski definition) is 7. The van der Waals surface area contributed by atoms with Gasteiger partial charge in [-0.25, -0.2) is 4.98 Å². The molecule has 4 rings (SSSR count). The molecule has 7 nitrogen and oxygen atoms in total.